The molecule has 0 aliphatic carbocycles. The minimum Gasteiger partial charge on any atom is -0.463 e. The maximum Gasteiger partial charge on any atom is 0.303 e. The van der Waals surface area contributed by atoms with Crippen LogP contribution in [0.2, 0.25) is 0 Å². The molecule has 4 aromatic rings. The van der Waals surface area contributed by atoms with Crippen molar-refractivity contribution in [2.24, 2.45) is 0 Å². The van der Waals surface area contributed by atoms with Gasteiger partial charge >= 0.3 is 23.9 Å². The van der Waals surface area contributed by atoms with Crippen LogP contribution in [-0.4, -0.2) is 142 Å². The zero-order chi connectivity index (χ0) is 54.8. The molecule has 7 rings (SSSR count). The monoisotopic (exact) mass is 1070 g/mol. The van der Waals surface area contributed by atoms with Crippen molar-refractivity contribution in [1.29, 1.82) is 0 Å². The summed E-state index contributed by atoms with van der Waals surface area (Å²) in [6.45, 7) is 7.49. The van der Waals surface area contributed by atoms with E-state index in [4.69, 9.17) is 66.3 Å². The highest BCUT2D eigenvalue weighted by atomic mass is 16.8. The Hall–Kier alpha value is -6.17. The van der Waals surface area contributed by atoms with E-state index in [1.165, 1.54) is 14.0 Å². The van der Waals surface area contributed by atoms with Crippen LogP contribution in [0.3, 0.4) is 0 Å². The summed E-state index contributed by atoms with van der Waals surface area (Å²) in [4.78, 5) is 64.2. The van der Waals surface area contributed by atoms with Gasteiger partial charge in [-0.15, -0.1) is 0 Å². The van der Waals surface area contributed by atoms with E-state index in [2.05, 4.69) is 5.32 Å². The number of amides is 1. The molecule has 3 aliphatic heterocycles. The number of nitrogens with one attached hydrogen (secondary N) is 1. The SMILES string of the molecule is CO[C@@H]1O[C@H](COCc2ccccc2)[C@@H](O[C@@H]2O[C@@H](C)[C@H](OCc3ccccc3)[C@@H](OCc3ccccc3)[C@H]2OCc2ccccc2)[C@H](O[C@@H]2O[C@H](COC(C)=O)[C@H](OC(C)=O)[C@H](OC(C)=O)[C@H]2OC(C)=O)[C@H]1NC(C)=O. The van der Waals surface area contributed by atoms with E-state index in [1.54, 1.807) is 0 Å². The van der Waals surface area contributed by atoms with E-state index in [-0.39, 0.29) is 33.0 Å². The van der Waals surface area contributed by atoms with Gasteiger partial charge in [0, 0.05) is 41.7 Å². The zero-order valence-corrected chi connectivity index (χ0v) is 44.2. The van der Waals surface area contributed by atoms with Crippen molar-refractivity contribution in [1.82, 2.24) is 5.32 Å². The molecule has 0 unspecified atom stereocenters. The highest BCUT2D eigenvalue weighted by Crippen LogP contribution is 2.38. The van der Waals surface area contributed by atoms with Gasteiger partial charge in [0.15, 0.2) is 37.2 Å². The van der Waals surface area contributed by atoms with Crippen LogP contribution in [-0.2, 0) is 117 Å². The maximum atomic E-state index is 13.3. The number of carbonyl (C=O) groups excluding carboxylic acids is 5. The first-order valence-electron chi connectivity index (χ1n) is 25.5. The van der Waals surface area contributed by atoms with Crippen molar-refractivity contribution in [2.45, 2.75) is 160 Å². The smallest absolute Gasteiger partial charge is 0.303 e. The number of hydrogen-bond acceptors (Lipinski definition) is 19. The molecule has 3 fully saturated rings. The molecule has 4 aromatic carbocycles. The Balaban J connectivity index is 1.34. The van der Waals surface area contributed by atoms with Crippen LogP contribution in [0.1, 0.15) is 63.8 Å². The Morgan fingerprint density at radius 3 is 1.36 bits per heavy atom. The van der Waals surface area contributed by atoms with Gasteiger partial charge < -0.3 is 71.6 Å². The first kappa shape index (κ1) is 58.5. The van der Waals surface area contributed by atoms with Gasteiger partial charge in [0.25, 0.3) is 0 Å². The zero-order valence-electron chi connectivity index (χ0n) is 44.2. The van der Waals surface area contributed by atoms with E-state index >= 15 is 0 Å². The number of methoxy groups -OCH3 is 1. The van der Waals surface area contributed by atoms with Gasteiger partial charge in [0.1, 0.15) is 55.4 Å². The fourth-order valence-electron chi connectivity index (χ4n) is 9.41. The Morgan fingerprint density at radius 2 is 0.870 bits per heavy atom. The van der Waals surface area contributed by atoms with Gasteiger partial charge in [-0.3, -0.25) is 24.0 Å². The molecule has 0 spiro atoms. The number of carbonyl (C=O) groups is 5. The number of ether oxygens (including phenoxy) is 14. The summed E-state index contributed by atoms with van der Waals surface area (Å²) < 4.78 is 89.7. The summed E-state index contributed by atoms with van der Waals surface area (Å²) in [6.07, 6.45) is -17.8. The largest absolute Gasteiger partial charge is 0.463 e. The summed E-state index contributed by atoms with van der Waals surface area (Å²) in [6, 6.07) is 37.0. The fraction of sp³-hybridized carbons (Fsp3) is 0.491. The molecule has 0 saturated carbocycles. The van der Waals surface area contributed by atoms with E-state index in [0.29, 0.717) is 0 Å². The van der Waals surface area contributed by atoms with Crippen molar-refractivity contribution < 1.29 is 90.3 Å². The second-order valence-electron chi connectivity index (χ2n) is 18.8. The molecule has 3 aliphatic rings. The van der Waals surface area contributed by atoms with E-state index in [9.17, 15) is 24.0 Å². The van der Waals surface area contributed by atoms with Crippen molar-refractivity contribution in [3.8, 4) is 0 Å². The first-order chi connectivity index (χ1) is 37.2. The molecular formula is C57H69NO19. The third-order valence-electron chi connectivity index (χ3n) is 12.8. The molecule has 1 N–H and O–H groups in total. The lowest BCUT2D eigenvalue weighted by Gasteiger charge is -2.51. The van der Waals surface area contributed by atoms with Crippen LogP contribution < -0.4 is 5.32 Å². The minimum atomic E-state index is -1.75. The van der Waals surface area contributed by atoms with Crippen LogP contribution in [0, 0.1) is 0 Å². The van der Waals surface area contributed by atoms with Gasteiger partial charge in [-0.25, -0.2) is 0 Å². The van der Waals surface area contributed by atoms with Crippen LogP contribution in [0.4, 0.5) is 0 Å². The van der Waals surface area contributed by atoms with E-state index in [0.717, 1.165) is 49.9 Å². The summed E-state index contributed by atoms with van der Waals surface area (Å²) in [5.74, 6) is -3.78. The minimum absolute atomic E-state index is 0.0788. The van der Waals surface area contributed by atoms with Gasteiger partial charge in [-0.2, -0.15) is 0 Å². The summed E-state index contributed by atoms with van der Waals surface area (Å²) in [5.41, 5.74) is 3.48. The predicted molar refractivity (Wildman–Crippen MR) is 270 cm³/mol. The standard InChI is InChI=1S/C57H69NO19/c1-34-47(67-29-41-22-14-9-15-23-41)51(68-30-42-24-16-10-17-25-42)53(69-31-43-26-18-11-19-27-43)56(70-34)76-48-44(32-65-28-40-20-12-8-13-21-40)74-55(64-7)46(58-35(2)59)50(48)77-57-54(73-39(6)63)52(72-38(5)62)49(71-37(4)61)45(75-57)33-66-36(3)60/h8-27,34,44-57H,28-33H2,1-7H3,(H,58,59)/t34-,44+,45+,46+,47-,48+,49-,50+,51+,52-,53+,54+,55+,56-,57-/m0/s1. The van der Waals surface area contributed by atoms with Gasteiger partial charge in [-0.1, -0.05) is 121 Å². The first-order valence-corrected chi connectivity index (χ1v) is 25.5. The number of hydrogen-bond donors (Lipinski definition) is 1. The van der Waals surface area contributed by atoms with Crippen LogP contribution >= 0.6 is 0 Å². The number of esters is 4. The summed E-state index contributed by atoms with van der Waals surface area (Å²) in [5, 5.41) is 2.89. The lowest BCUT2D eigenvalue weighted by atomic mass is 9.94. The van der Waals surface area contributed by atoms with Crippen LogP contribution in [0.25, 0.3) is 0 Å². The molecule has 416 valence electrons. The van der Waals surface area contributed by atoms with E-state index in [1.807, 2.05) is 128 Å². The molecule has 0 aromatic heterocycles. The number of rotatable bonds is 24. The van der Waals surface area contributed by atoms with Crippen molar-refractivity contribution in [3.63, 3.8) is 0 Å². The second kappa shape index (κ2) is 29.0. The van der Waals surface area contributed by atoms with Gasteiger partial charge in [-0.05, 0) is 29.2 Å². The maximum absolute atomic E-state index is 13.3. The van der Waals surface area contributed by atoms with Crippen molar-refractivity contribution >= 4 is 29.8 Å². The lowest BCUT2D eigenvalue weighted by Crippen LogP contribution is -2.70. The molecule has 20 heteroatoms. The average molecular weight is 1070 g/mol. The highest BCUT2D eigenvalue weighted by molar-refractivity contribution is 5.73. The van der Waals surface area contributed by atoms with Gasteiger partial charge in [0.05, 0.1) is 39.1 Å². The molecule has 3 heterocycles. The van der Waals surface area contributed by atoms with Gasteiger partial charge in [0.2, 0.25) is 5.91 Å². The molecule has 0 radical (unpaired) electrons. The molecule has 77 heavy (non-hydrogen) atoms. The molecule has 1 amide bonds. The predicted octanol–water partition coefficient (Wildman–Crippen LogP) is 5.43. The topological polar surface area (TPSA) is 227 Å². The lowest BCUT2D eigenvalue weighted by molar-refractivity contribution is -0.378. The van der Waals surface area contributed by atoms with Crippen molar-refractivity contribution in [2.75, 3.05) is 20.3 Å². The normalized spacial score (nSPS) is 29.1. The third kappa shape index (κ3) is 16.9. The summed E-state index contributed by atoms with van der Waals surface area (Å²) >= 11 is 0. The van der Waals surface area contributed by atoms with Crippen molar-refractivity contribution in [3.05, 3.63) is 144 Å². The highest BCUT2D eigenvalue weighted by Gasteiger charge is 2.58. The number of benzene rings is 4. The molecule has 3 saturated heterocycles. The Kier molecular flexibility index (Phi) is 22.0. The Morgan fingerprint density at radius 1 is 0.442 bits per heavy atom. The molecule has 20 nitrogen and oxygen atoms in total. The Bertz CT molecular complexity index is 2470. The Labute approximate surface area is 448 Å². The molecule has 15 atom stereocenters. The van der Waals surface area contributed by atoms with Crippen LogP contribution in [0.15, 0.2) is 121 Å². The van der Waals surface area contributed by atoms with E-state index < -0.39 is 128 Å². The molecule has 0 bridgehead atoms. The molecular weight excluding hydrogens is 1000 g/mol. The second-order valence-corrected chi connectivity index (χ2v) is 18.8. The quantitative estimate of drug-likeness (QED) is 0.0681. The third-order valence-corrected chi connectivity index (χ3v) is 12.8. The van der Waals surface area contributed by atoms with Crippen LogP contribution in [0.5, 0.6) is 0 Å². The fourth-order valence-corrected chi connectivity index (χ4v) is 9.41. The average Bonchev–Trinajstić information content (AvgIpc) is 3.41. The summed E-state index contributed by atoms with van der Waals surface area (Å²) in [7, 11) is 1.37.